The van der Waals surface area contributed by atoms with Gasteiger partial charge in [-0.2, -0.15) is 5.10 Å². The molecule has 0 fully saturated rings. The summed E-state index contributed by atoms with van der Waals surface area (Å²) >= 11 is 1.01. The molecule has 4 aromatic heterocycles. The van der Waals surface area contributed by atoms with E-state index in [1.165, 1.54) is 18.5 Å². The van der Waals surface area contributed by atoms with E-state index < -0.39 is 21.7 Å². The lowest BCUT2D eigenvalue weighted by molar-refractivity contribution is 0.598. The number of nitrogens with zero attached hydrogens (tertiary/aromatic N) is 4. The first-order valence-electron chi connectivity index (χ1n) is 8.26. The van der Waals surface area contributed by atoms with Gasteiger partial charge in [0.2, 0.25) is 0 Å². The topological polar surface area (TPSA) is 114 Å². The van der Waals surface area contributed by atoms with Crippen molar-refractivity contribution in [2.45, 2.75) is 18.1 Å². The molecule has 0 bridgehead atoms. The van der Waals surface area contributed by atoms with Crippen LogP contribution >= 0.6 is 11.3 Å². The molecule has 146 valence electrons. The Bertz CT molecular complexity index is 1400. The number of hydrogen-bond acceptors (Lipinski definition) is 7. The van der Waals surface area contributed by atoms with Crippen LogP contribution in [-0.2, 0) is 10.0 Å². The summed E-state index contributed by atoms with van der Waals surface area (Å²) in [5.74, 6) is 4.21. The third kappa shape index (κ3) is 3.80. The van der Waals surface area contributed by atoms with E-state index >= 15 is 0 Å². The summed E-state index contributed by atoms with van der Waals surface area (Å²) in [7, 11) is -4.01. The van der Waals surface area contributed by atoms with Crippen LogP contribution in [0.15, 0.2) is 34.9 Å². The van der Waals surface area contributed by atoms with Gasteiger partial charge >= 0.3 is 0 Å². The van der Waals surface area contributed by atoms with Gasteiger partial charge in [-0.3, -0.25) is 9.82 Å². The van der Waals surface area contributed by atoms with Gasteiger partial charge in [0.05, 0.1) is 22.5 Å². The van der Waals surface area contributed by atoms with Crippen LogP contribution in [0, 0.1) is 31.5 Å². The Labute approximate surface area is 169 Å². The van der Waals surface area contributed by atoms with Gasteiger partial charge in [-0.15, -0.1) is 11.3 Å². The second kappa shape index (κ2) is 7.23. The summed E-state index contributed by atoms with van der Waals surface area (Å²) in [5, 5.41) is 7.98. The predicted molar refractivity (Wildman–Crippen MR) is 106 cm³/mol. The first-order chi connectivity index (χ1) is 13.8. The van der Waals surface area contributed by atoms with Gasteiger partial charge in [0.25, 0.3) is 10.0 Å². The molecule has 0 aromatic carbocycles. The third-order valence-corrected chi connectivity index (χ3v) is 6.88. The number of H-pyrrole nitrogens is 1. The number of hydrogen-bond donors (Lipinski definition) is 2. The molecule has 0 aliphatic carbocycles. The van der Waals surface area contributed by atoms with Crippen LogP contribution in [0.5, 0.6) is 0 Å². The minimum atomic E-state index is -4.01. The van der Waals surface area contributed by atoms with Crippen molar-refractivity contribution in [2.75, 3.05) is 4.72 Å². The van der Waals surface area contributed by atoms with E-state index in [2.05, 4.69) is 41.7 Å². The minimum Gasteiger partial charge on any atom is -0.261 e. The molecule has 2 N–H and O–H groups in total. The molecule has 0 aliphatic heterocycles. The molecule has 0 unspecified atom stereocenters. The van der Waals surface area contributed by atoms with E-state index in [0.717, 1.165) is 16.7 Å². The smallest absolute Gasteiger partial charge is 0.261 e. The second-order valence-corrected chi connectivity index (χ2v) is 9.10. The molecule has 8 nitrogen and oxygen atoms in total. The number of pyridine rings is 2. The highest BCUT2D eigenvalue weighted by molar-refractivity contribution is 7.94. The Balaban J connectivity index is 1.65. The van der Waals surface area contributed by atoms with E-state index in [1.807, 2.05) is 0 Å². The average Bonchev–Trinajstić information content (AvgIpc) is 3.27. The van der Waals surface area contributed by atoms with Gasteiger partial charge in [0.15, 0.2) is 21.5 Å². The summed E-state index contributed by atoms with van der Waals surface area (Å²) in [5.41, 5.74) is 1.53. The molecule has 0 spiro atoms. The van der Waals surface area contributed by atoms with E-state index in [9.17, 15) is 12.8 Å². The number of sulfonamides is 1. The Hall–Kier alpha value is -3.36. The Morgan fingerprint density at radius 1 is 1.21 bits per heavy atom. The molecule has 0 saturated carbocycles. The number of anilines is 1. The van der Waals surface area contributed by atoms with Crippen LogP contribution in [0.1, 0.15) is 21.8 Å². The fraction of sp³-hybridized carbons (Fsp3) is 0.111. The van der Waals surface area contributed by atoms with E-state index in [1.54, 1.807) is 26.1 Å². The van der Waals surface area contributed by atoms with Crippen LogP contribution in [-0.4, -0.2) is 33.6 Å². The molecule has 0 aliphatic rings. The zero-order valence-electron chi connectivity index (χ0n) is 15.2. The molecule has 0 atom stereocenters. The number of nitrogens with one attached hydrogen (secondary N) is 2. The maximum Gasteiger partial charge on any atom is 0.274 e. The van der Waals surface area contributed by atoms with Crippen LogP contribution in [0.4, 0.5) is 10.2 Å². The van der Waals surface area contributed by atoms with Crippen molar-refractivity contribution in [3.8, 4) is 11.8 Å². The average molecular weight is 428 g/mol. The predicted octanol–water partition coefficient (Wildman–Crippen LogP) is 2.77. The van der Waals surface area contributed by atoms with E-state index in [0.29, 0.717) is 21.9 Å². The lowest BCUT2D eigenvalue weighted by Crippen LogP contribution is -2.15. The Kier molecular flexibility index (Phi) is 4.73. The van der Waals surface area contributed by atoms with Gasteiger partial charge in [-0.1, -0.05) is 11.8 Å². The fourth-order valence-electron chi connectivity index (χ4n) is 2.59. The zero-order chi connectivity index (χ0) is 20.6. The maximum atomic E-state index is 14.8. The molecular weight excluding hydrogens is 415 g/mol. The molecule has 0 radical (unpaired) electrons. The fourth-order valence-corrected chi connectivity index (χ4v) is 5.09. The Morgan fingerprint density at radius 2 is 2.03 bits per heavy atom. The molecule has 0 amide bonds. The number of rotatable bonds is 3. The van der Waals surface area contributed by atoms with Gasteiger partial charge in [0, 0.05) is 23.3 Å². The molecule has 11 heteroatoms. The first-order valence-corrected chi connectivity index (χ1v) is 10.6. The van der Waals surface area contributed by atoms with Gasteiger partial charge < -0.3 is 0 Å². The number of aromatic amines is 1. The SMILES string of the molecule is Cc1nc(C)c(S(=O)(=O)Nc2nccc(C#Cc3cnc4[nH]ncc4c3)c2F)s1. The summed E-state index contributed by atoms with van der Waals surface area (Å²) in [6.07, 6.45) is 4.43. The van der Waals surface area contributed by atoms with Gasteiger partial charge in [0.1, 0.15) is 0 Å². The van der Waals surface area contributed by atoms with Crippen molar-refractivity contribution in [1.82, 2.24) is 25.1 Å². The lowest BCUT2D eigenvalue weighted by Gasteiger charge is -2.07. The van der Waals surface area contributed by atoms with Crippen molar-refractivity contribution in [3.63, 3.8) is 0 Å². The molecule has 4 rings (SSSR count). The molecule has 0 saturated heterocycles. The standard InChI is InChI=1S/C18H13FN6O2S2/c1-10-18(28-11(2)23-10)29(26,27)25-17-15(19)13(5-6-20-17)4-3-12-7-14-9-22-24-16(14)21-8-12/h5-9H,1-2H3,(H,20,25)(H,21,22,24). The highest BCUT2D eigenvalue weighted by Gasteiger charge is 2.23. The number of aryl methyl sites for hydroxylation is 2. The highest BCUT2D eigenvalue weighted by atomic mass is 32.2. The second-order valence-electron chi connectivity index (χ2n) is 6.01. The van der Waals surface area contributed by atoms with E-state index in [4.69, 9.17) is 0 Å². The van der Waals surface area contributed by atoms with Crippen LogP contribution < -0.4 is 4.72 Å². The van der Waals surface area contributed by atoms with Crippen molar-refractivity contribution in [3.05, 3.63) is 58.4 Å². The van der Waals surface area contributed by atoms with Crippen molar-refractivity contribution < 1.29 is 12.8 Å². The number of aromatic nitrogens is 5. The van der Waals surface area contributed by atoms with Crippen LogP contribution in [0.2, 0.25) is 0 Å². The highest BCUT2D eigenvalue weighted by Crippen LogP contribution is 2.26. The summed E-state index contributed by atoms with van der Waals surface area (Å²) in [6.45, 7) is 3.27. The number of fused-ring (bicyclic) bond motifs is 1. The molecule has 29 heavy (non-hydrogen) atoms. The van der Waals surface area contributed by atoms with E-state index in [-0.39, 0.29) is 9.77 Å². The van der Waals surface area contributed by atoms with Crippen LogP contribution in [0.25, 0.3) is 11.0 Å². The Morgan fingerprint density at radius 3 is 2.79 bits per heavy atom. The molecule has 4 aromatic rings. The molecule has 4 heterocycles. The monoisotopic (exact) mass is 428 g/mol. The lowest BCUT2D eigenvalue weighted by atomic mass is 10.2. The van der Waals surface area contributed by atoms with Crippen LogP contribution in [0.3, 0.4) is 0 Å². The van der Waals surface area contributed by atoms with Crippen molar-refractivity contribution in [2.24, 2.45) is 0 Å². The normalized spacial score (nSPS) is 11.3. The first kappa shape index (κ1) is 19.0. The van der Waals surface area contributed by atoms with Gasteiger partial charge in [-0.05, 0) is 26.0 Å². The summed E-state index contributed by atoms with van der Waals surface area (Å²) < 4.78 is 42.2. The van der Waals surface area contributed by atoms with Gasteiger partial charge in [-0.25, -0.2) is 27.8 Å². The summed E-state index contributed by atoms with van der Waals surface area (Å²) in [4.78, 5) is 12.1. The zero-order valence-corrected chi connectivity index (χ0v) is 16.8. The number of thiazole rings is 1. The van der Waals surface area contributed by atoms with Crippen molar-refractivity contribution >= 4 is 38.2 Å². The summed E-state index contributed by atoms with van der Waals surface area (Å²) in [6, 6.07) is 3.13. The maximum absolute atomic E-state index is 14.8. The quantitative estimate of drug-likeness (QED) is 0.485. The largest absolute Gasteiger partial charge is 0.274 e. The third-order valence-electron chi connectivity index (χ3n) is 3.86. The molecular formula is C18H13FN6O2S2. The minimum absolute atomic E-state index is 0.00203. The van der Waals surface area contributed by atoms with Crippen molar-refractivity contribution in [1.29, 1.82) is 0 Å². The number of halogens is 1.